The van der Waals surface area contributed by atoms with Crippen LogP contribution >= 0.6 is 0 Å². The summed E-state index contributed by atoms with van der Waals surface area (Å²) in [6.07, 6.45) is 0. The van der Waals surface area contributed by atoms with Crippen LogP contribution in [0.3, 0.4) is 0 Å². The fourth-order valence-electron chi connectivity index (χ4n) is 2.34. The average molecular weight is 262 g/mol. The highest BCUT2D eigenvalue weighted by Gasteiger charge is 2.40. The molecule has 1 heterocycles. The molecule has 0 aliphatic carbocycles. The van der Waals surface area contributed by atoms with Gasteiger partial charge in [0.05, 0.1) is 6.04 Å². The number of carboxylic acids is 1. The number of amides is 1. The van der Waals surface area contributed by atoms with E-state index in [1.807, 2.05) is 26.0 Å². The summed E-state index contributed by atoms with van der Waals surface area (Å²) in [5.74, 6) is -1.35. The first-order valence-electron chi connectivity index (χ1n) is 6.30. The standard InChI is InChI=1S/C14H18N2O3/c1-8(2)11(15)13(17)16-7-9-5-3-4-6-10(9)12(16)14(18)19/h3-6,8,11-12H,7,15H2,1-2H3,(H,18,19)/t11?,12-/m0/s1. The summed E-state index contributed by atoms with van der Waals surface area (Å²) in [4.78, 5) is 25.1. The van der Waals surface area contributed by atoms with E-state index in [0.717, 1.165) is 5.56 Å². The van der Waals surface area contributed by atoms with Gasteiger partial charge in [0.15, 0.2) is 6.04 Å². The number of hydrogen-bond donors (Lipinski definition) is 2. The molecule has 0 saturated heterocycles. The van der Waals surface area contributed by atoms with Crippen LogP contribution in [0.5, 0.6) is 0 Å². The first-order chi connectivity index (χ1) is 8.93. The summed E-state index contributed by atoms with van der Waals surface area (Å²) in [5, 5.41) is 9.37. The monoisotopic (exact) mass is 262 g/mol. The number of benzene rings is 1. The van der Waals surface area contributed by atoms with Crippen molar-refractivity contribution < 1.29 is 14.7 Å². The molecule has 0 fully saturated rings. The molecule has 2 rings (SSSR count). The van der Waals surface area contributed by atoms with Gasteiger partial charge in [-0.3, -0.25) is 4.79 Å². The fraction of sp³-hybridized carbons (Fsp3) is 0.429. The third-order valence-electron chi connectivity index (χ3n) is 3.52. The number of carbonyl (C=O) groups is 2. The van der Waals surface area contributed by atoms with Crippen LogP contribution in [-0.4, -0.2) is 27.9 Å². The molecule has 1 aromatic carbocycles. The van der Waals surface area contributed by atoms with E-state index in [-0.39, 0.29) is 11.8 Å². The Labute approximate surface area is 112 Å². The predicted octanol–water partition coefficient (Wildman–Crippen LogP) is 1.14. The Bertz CT molecular complexity index is 513. The Morgan fingerprint density at radius 3 is 2.58 bits per heavy atom. The third-order valence-corrected chi connectivity index (χ3v) is 3.52. The van der Waals surface area contributed by atoms with Crippen molar-refractivity contribution in [1.29, 1.82) is 0 Å². The number of nitrogens with two attached hydrogens (primary N) is 1. The average Bonchev–Trinajstić information content (AvgIpc) is 2.75. The van der Waals surface area contributed by atoms with Crippen LogP contribution in [-0.2, 0) is 16.1 Å². The number of rotatable bonds is 3. The van der Waals surface area contributed by atoms with E-state index in [4.69, 9.17) is 5.73 Å². The van der Waals surface area contributed by atoms with Gasteiger partial charge < -0.3 is 15.7 Å². The molecular weight excluding hydrogens is 244 g/mol. The zero-order valence-corrected chi connectivity index (χ0v) is 11.0. The van der Waals surface area contributed by atoms with E-state index in [1.165, 1.54) is 4.90 Å². The summed E-state index contributed by atoms with van der Waals surface area (Å²) in [6, 6.07) is 5.63. The zero-order valence-electron chi connectivity index (χ0n) is 11.0. The molecule has 19 heavy (non-hydrogen) atoms. The number of carbonyl (C=O) groups excluding carboxylic acids is 1. The summed E-state index contributed by atoms with van der Waals surface area (Å²) in [7, 11) is 0. The van der Waals surface area contributed by atoms with E-state index in [2.05, 4.69) is 0 Å². The molecule has 102 valence electrons. The maximum Gasteiger partial charge on any atom is 0.331 e. The van der Waals surface area contributed by atoms with Crippen molar-refractivity contribution in [3.63, 3.8) is 0 Å². The minimum absolute atomic E-state index is 0.0225. The van der Waals surface area contributed by atoms with Gasteiger partial charge in [0.2, 0.25) is 5.91 Å². The second-order valence-corrected chi connectivity index (χ2v) is 5.18. The van der Waals surface area contributed by atoms with E-state index >= 15 is 0 Å². The molecule has 5 heteroatoms. The molecule has 2 atom stereocenters. The second kappa shape index (κ2) is 5.01. The lowest BCUT2D eigenvalue weighted by molar-refractivity contribution is -0.151. The maximum atomic E-state index is 12.3. The van der Waals surface area contributed by atoms with Gasteiger partial charge in [0, 0.05) is 6.54 Å². The SMILES string of the molecule is CC(C)C(N)C(=O)N1Cc2ccccc2[C@H]1C(=O)O. The number of carboxylic acid groups (broad SMARTS) is 1. The van der Waals surface area contributed by atoms with Crippen LogP contribution in [0, 0.1) is 5.92 Å². The van der Waals surface area contributed by atoms with Gasteiger partial charge >= 0.3 is 5.97 Å². The normalized spacial score (nSPS) is 19.4. The second-order valence-electron chi connectivity index (χ2n) is 5.18. The van der Waals surface area contributed by atoms with Crippen molar-refractivity contribution in [1.82, 2.24) is 4.90 Å². The summed E-state index contributed by atoms with van der Waals surface area (Å²) in [6.45, 7) is 4.01. The lowest BCUT2D eigenvalue weighted by atomic mass is 10.0. The topological polar surface area (TPSA) is 83.6 Å². The van der Waals surface area contributed by atoms with Crippen molar-refractivity contribution in [2.24, 2.45) is 11.7 Å². The zero-order chi connectivity index (χ0) is 14.2. The Morgan fingerprint density at radius 2 is 2.00 bits per heavy atom. The highest BCUT2D eigenvalue weighted by Crippen LogP contribution is 2.34. The molecule has 1 unspecified atom stereocenters. The van der Waals surface area contributed by atoms with Crippen molar-refractivity contribution in [3.8, 4) is 0 Å². The minimum atomic E-state index is -1.02. The van der Waals surface area contributed by atoms with Gasteiger partial charge in [-0.1, -0.05) is 38.1 Å². The smallest absolute Gasteiger partial charge is 0.331 e. The summed E-state index contributed by atoms with van der Waals surface area (Å²) in [5.41, 5.74) is 7.41. The molecule has 1 aliphatic heterocycles. The molecule has 0 saturated carbocycles. The molecule has 1 aliphatic rings. The summed E-state index contributed by atoms with van der Waals surface area (Å²) >= 11 is 0. The van der Waals surface area contributed by atoms with Crippen LogP contribution < -0.4 is 5.73 Å². The number of fused-ring (bicyclic) bond motifs is 1. The van der Waals surface area contributed by atoms with Crippen LogP contribution in [0.1, 0.15) is 31.0 Å². The first kappa shape index (κ1) is 13.5. The highest BCUT2D eigenvalue weighted by atomic mass is 16.4. The Hall–Kier alpha value is -1.88. The first-order valence-corrected chi connectivity index (χ1v) is 6.30. The van der Waals surface area contributed by atoms with Gasteiger partial charge in [-0.25, -0.2) is 4.79 Å². The molecule has 0 spiro atoms. The lowest BCUT2D eigenvalue weighted by Crippen LogP contribution is -2.47. The largest absolute Gasteiger partial charge is 0.479 e. The molecule has 0 radical (unpaired) electrons. The fourth-order valence-corrected chi connectivity index (χ4v) is 2.34. The van der Waals surface area contributed by atoms with E-state index in [9.17, 15) is 14.7 Å². The van der Waals surface area contributed by atoms with E-state index in [0.29, 0.717) is 12.1 Å². The van der Waals surface area contributed by atoms with Crippen molar-refractivity contribution >= 4 is 11.9 Å². The quantitative estimate of drug-likeness (QED) is 0.855. The van der Waals surface area contributed by atoms with E-state index < -0.39 is 18.1 Å². The van der Waals surface area contributed by atoms with Gasteiger partial charge in [0.25, 0.3) is 0 Å². The van der Waals surface area contributed by atoms with Crippen molar-refractivity contribution in [3.05, 3.63) is 35.4 Å². The van der Waals surface area contributed by atoms with Crippen molar-refractivity contribution in [2.75, 3.05) is 0 Å². The Balaban J connectivity index is 2.34. The van der Waals surface area contributed by atoms with Gasteiger partial charge in [0.1, 0.15) is 0 Å². The van der Waals surface area contributed by atoms with Crippen LogP contribution in [0.15, 0.2) is 24.3 Å². The predicted molar refractivity (Wildman–Crippen MR) is 70.2 cm³/mol. The molecule has 5 nitrogen and oxygen atoms in total. The molecule has 3 N–H and O–H groups in total. The third kappa shape index (κ3) is 2.33. The molecule has 1 amide bonds. The van der Waals surface area contributed by atoms with Gasteiger partial charge in [-0.15, -0.1) is 0 Å². The van der Waals surface area contributed by atoms with E-state index in [1.54, 1.807) is 12.1 Å². The van der Waals surface area contributed by atoms with Crippen LogP contribution in [0.2, 0.25) is 0 Å². The highest BCUT2D eigenvalue weighted by molar-refractivity contribution is 5.89. The minimum Gasteiger partial charge on any atom is -0.479 e. The van der Waals surface area contributed by atoms with Crippen LogP contribution in [0.25, 0.3) is 0 Å². The van der Waals surface area contributed by atoms with Crippen LogP contribution in [0.4, 0.5) is 0 Å². The molecule has 0 bridgehead atoms. The number of aliphatic carboxylic acids is 1. The van der Waals surface area contributed by atoms with Gasteiger partial charge in [-0.2, -0.15) is 0 Å². The maximum absolute atomic E-state index is 12.3. The lowest BCUT2D eigenvalue weighted by Gasteiger charge is -2.26. The van der Waals surface area contributed by atoms with Gasteiger partial charge in [-0.05, 0) is 17.0 Å². The molecule has 0 aromatic heterocycles. The molecule has 1 aromatic rings. The Kier molecular flexibility index (Phi) is 3.57. The van der Waals surface area contributed by atoms with Crippen molar-refractivity contribution in [2.45, 2.75) is 32.5 Å². The number of hydrogen-bond acceptors (Lipinski definition) is 3. The number of nitrogens with zero attached hydrogens (tertiary/aromatic N) is 1. The molecular formula is C14H18N2O3. The Morgan fingerprint density at radius 1 is 1.37 bits per heavy atom. The summed E-state index contributed by atoms with van der Waals surface area (Å²) < 4.78 is 0.